The van der Waals surface area contributed by atoms with Crippen LogP contribution in [0.2, 0.25) is 5.02 Å². The summed E-state index contributed by atoms with van der Waals surface area (Å²) in [7, 11) is 0. The molecule has 1 aliphatic carbocycles. The quantitative estimate of drug-likeness (QED) is 0.800. The Morgan fingerprint density at radius 3 is 2.77 bits per heavy atom. The molecule has 6 nitrogen and oxygen atoms in total. The molecule has 0 fully saturated rings. The minimum Gasteiger partial charge on any atom is -0.478 e. The van der Waals surface area contributed by atoms with Crippen LogP contribution in [-0.2, 0) is 20.7 Å². The van der Waals surface area contributed by atoms with Gasteiger partial charge in [0.2, 0.25) is 0 Å². The van der Waals surface area contributed by atoms with Crippen molar-refractivity contribution in [1.82, 2.24) is 4.98 Å². The molecule has 1 unspecified atom stereocenters. The zero-order valence-corrected chi connectivity index (χ0v) is 15.1. The van der Waals surface area contributed by atoms with Gasteiger partial charge in [-0.3, -0.25) is 9.59 Å². The Morgan fingerprint density at radius 2 is 2.12 bits per heavy atom. The number of aliphatic carboxylic acids is 1. The van der Waals surface area contributed by atoms with E-state index in [1.165, 1.54) is 12.1 Å². The predicted octanol–water partition coefficient (Wildman–Crippen LogP) is 3.18. The van der Waals surface area contributed by atoms with Crippen LogP contribution in [0, 0.1) is 0 Å². The maximum absolute atomic E-state index is 12.6. The van der Waals surface area contributed by atoms with E-state index in [2.05, 4.69) is 4.98 Å². The van der Waals surface area contributed by atoms with Gasteiger partial charge in [0.25, 0.3) is 0 Å². The van der Waals surface area contributed by atoms with Crippen LogP contribution >= 0.6 is 11.6 Å². The first-order chi connectivity index (χ1) is 12.3. The number of hydrogen-bond acceptors (Lipinski definition) is 4. The Morgan fingerprint density at radius 1 is 1.38 bits per heavy atom. The average Bonchev–Trinajstić information content (AvgIpc) is 2.86. The molecule has 7 heteroatoms. The van der Waals surface area contributed by atoms with Crippen LogP contribution < -0.4 is 5.43 Å². The lowest BCUT2D eigenvalue weighted by Gasteiger charge is -2.24. The molecule has 1 aliphatic rings. The molecule has 0 amide bonds. The summed E-state index contributed by atoms with van der Waals surface area (Å²) in [6.45, 7) is 3.72. The summed E-state index contributed by atoms with van der Waals surface area (Å²) in [5.41, 5.74) is 2.38. The Balaban J connectivity index is 2.20. The Kier molecular flexibility index (Phi) is 4.87. The highest BCUT2D eigenvalue weighted by Crippen LogP contribution is 2.40. The fourth-order valence-electron chi connectivity index (χ4n) is 3.57. The summed E-state index contributed by atoms with van der Waals surface area (Å²) in [5, 5.41) is 10.5. The van der Waals surface area contributed by atoms with E-state index in [4.69, 9.17) is 16.3 Å². The van der Waals surface area contributed by atoms with Gasteiger partial charge in [-0.25, -0.2) is 4.79 Å². The number of fused-ring (bicyclic) bond motifs is 3. The van der Waals surface area contributed by atoms with Crippen molar-refractivity contribution in [3.8, 4) is 0 Å². The number of carbonyl (C=O) groups excluding carboxylic acids is 1. The minimum absolute atomic E-state index is 0.110. The molecular formula is C19H18ClNO5. The van der Waals surface area contributed by atoms with Crippen LogP contribution in [0.15, 0.2) is 34.1 Å². The van der Waals surface area contributed by atoms with Crippen molar-refractivity contribution in [3.63, 3.8) is 0 Å². The van der Waals surface area contributed by atoms with Crippen molar-refractivity contribution < 1.29 is 19.4 Å². The van der Waals surface area contributed by atoms with E-state index in [1.54, 1.807) is 19.9 Å². The molecule has 1 atom stereocenters. The fraction of sp³-hybridized carbons (Fsp3) is 0.316. The van der Waals surface area contributed by atoms with E-state index >= 15 is 0 Å². The second-order valence-corrected chi connectivity index (χ2v) is 6.66. The highest BCUT2D eigenvalue weighted by molar-refractivity contribution is 6.31. The number of ether oxygens (including phenoxy) is 1. The SMILES string of the molecule is CCOC(=O)CC1=C(C(=O)O)Cc2[nH]c3cc(Cl)ccc(=O)c3c2C1C. The van der Waals surface area contributed by atoms with Gasteiger partial charge in [-0.2, -0.15) is 0 Å². The summed E-state index contributed by atoms with van der Waals surface area (Å²) in [5.74, 6) is -1.96. The van der Waals surface area contributed by atoms with Gasteiger partial charge in [-0.1, -0.05) is 18.5 Å². The number of carboxylic acid groups (broad SMARTS) is 1. The monoisotopic (exact) mass is 375 g/mol. The average molecular weight is 376 g/mol. The summed E-state index contributed by atoms with van der Waals surface area (Å²) >= 11 is 6.06. The number of carbonyl (C=O) groups is 2. The Hall–Kier alpha value is -2.60. The molecule has 2 N–H and O–H groups in total. The maximum Gasteiger partial charge on any atom is 0.331 e. The van der Waals surface area contributed by atoms with Gasteiger partial charge in [0.1, 0.15) is 0 Å². The van der Waals surface area contributed by atoms with Crippen molar-refractivity contribution in [2.45, 2.75) is 32.6 Å². The van der Waals surface area contributed by atoms with E-state index in [0.29, 0.717) is 27.2 Å². The molecule has 1 aromatic heterocycles. The van der Waals surface area contributed by atoms with Crippen molar-refractivity contribution >= 4 is 34.4 Å². The molecule has 0 bridgehead atoms. The van der Waals surface area contributed by atoms with Crippen LogP contribution in [0.4, 0.5) is 0 Å². The van der Waals surface area contributed by atoms with E-state index < -0.39 is 17.9 Å². The molecule has 26 heavy (non-hydrogen) atoms. The van der Waals surface area contributed by atoms with Crippen molar-refractivity contribution in [1.29, 1.82) is 0 Å². The fourth-order valence-corrected chi connectivity index (χ4v) is 3.74. The molecule has 0 saturated carbocycles. The normalized spacial score (nSPS) is 16.5. The van der Waals surface area contributed by atoms with Crippen molar-refractivity contribution in [3.05, 3.63) is 55.8 Å². The number of aromatic amines is 1. The summed E-state index contributed by atoms with van der Waals surface area (Å²) in [6.07, 6.45) is -0.00411. The maximum atomic E-state index is 12.6. The van der Waals surface area contributed by atoms with Gasteiger partial charge < -0.3 is 14.8 Å². The molecule has 3 rings (SSSR count). The van der Waals surface area contributed by atoms with Crippen LogP contribution in [0.25, 0.3) is 10.9 Å². The number of hydrogen-bond donors (Lipinski definition) is 2. The second kappa shape index (κ2) is 6.96. The Bertz CT molecular complexity index is 1000. The zero-order valence-electron chi connectivity index (χ0n) is 14.4. The lowest BCUT2D eigenvalue weighted by atomic mass is 9.79. The molecular weight excluding hydrogens is 358 g/mol. The largest absolute Gasteiger partial charge is 0.478 e. The van der Waals surface area contributed by atoms with Crippen LogP contribution in [-0.4, -0.2) is 28.6 Å². The third kappa shape index (κ3) is 3.12. The van der Waals surface area contributed by atoms with E-state index in [9.17, 15) is 19.5 Å². The van der Waals surface area contributed by atoms with Gasteiger partial charge in [0, 0.05) is 28.6 Å². The molecule has 2 aromatic rings. The van der Waals surface area contributed by atoms with Crippen LogP contribution in [0.5, 0.6) is 0 Å². The van der Waals surface area contributed by atoms with Gasteiger partial charge in [0.15, 0.2) is 5.43 Å². The summed E-state index contributed by atoms with van der Waals surface area (Å²) in [4.78, 5) is 39.4. The van der Waals surface area contributed by atoms with Gasteiger partial charge in [-0.15, -0.1) is 0 Å². The Labute approximate surface area is 154 Å². The van der Waals surface area contributed by atoms with Crippen LogP contribution in [0.1, 0.15) is 37.4 Å². The first kappa shape index (κ1) is 18.2. The molecule has 0 saturated heterocycles. The lowest BCUT2D eigenvalue weighted by Crippen LogP contribution is -2.21. The standard InChI is InChI=1S/C19H18ClNO5/c1-3-26-16(23)8-11-9(2)17-14(7-12(11)19(24)25)21-13-6-10(20)4-5-15(22)18(13)17/h4-6,9,21H,3,7-8H2,1-2H3,(H,24,25). The highest BCUT2D eigenvalue weighted by atomic mass is 35.5. The highest BCUT2D eigenvalue weighted by Gasteiger charge is 2.33. The molecule has 0 radical (unpaired) electrons. The van der Waals surface area contributed by atoms with Gasteiger partial charge >= 0.3 is 11.9 Å². The number of H-pyrrole nitrogens is 1. The zero-order chi connectivity index (χ0) is 19.0. The van der Waals surface area contributed by atoms with E-state index in [-0.39, 0.29) is 30.5 Å². The summed E-state index contributed by atoms with van der Waals surface area (Å²) < 4.78 is 4.98. The number of halogens is 1. The third-order valence-electron chi connectivity index (χ3n) is 4.67. The van der Waals surface area contributed by atoms with E-state index in [0.717, 1.165) is 5.56 Å². The first-order valence-corrected chi connectivity index (χ1v) is 8.66. The number of aromatic nitrogens is 1. The first-order valence-electron chi connectivity index (χ1n) is 8.28. The third-order valence-corrected chi connectivity index (χ3v) is 4.90. The molecule has 136 valence electrons. The number of esters is 1. The second-order valence-electron chi connectivity index (χ2n) is 6.22. The molecule has 0 spiro atoms. The predicted molar refractivity (Wildman–Crippen MR) is 97.6 cm³/mol. The van der Waals surface area contributed by atoms with Gasteiger partial charge in [-0.05, 0) is 36.3 Å². The van der Waals surface area contributed by atoms with Crippen molar-refractivity contribution in [2.24, 2.45) is 0 Å². The minimum atomic E-state index is -1.08. The molecule has 1 aromatic carbocycles. The van der Waals surface area contributed by atoms with E-state index in [1.807, 2.05) is 0 Å². The summed E-state index contributed by atoms with van der Waals surface area (Å²) in [6, 6.07) is 4.57. The number of carboxylic acids is 1. The lowest BCUT2D eigenvalue weighted by molar-refractivity contribution is -0.142. The molecule has 0 aliphatic heterocycles. The smallest absolute Gasteiger partial charge is 0.331 e. The van der Waals surface area contributed by atoms with Crippen molar-refractivity contribution in [2.75, 3.05) is 6.61 Å². The topological polar surface area (TPSA) is 96.5 Å². The number of rotatable bonds is 4. The van der Waals surface area contributed by atoms with Crippen LogP contribution in [0.3, 0.4) is 0 Å². The van der Waals surface area contributed by atoms with Gasteiger partial charge in [0.05, 0.1) is 23.9 Å². The molecule has 1 heterocycles. The number of nitrogens with one attached hydrogen (secondary N) is 1.